The Morgan fingerprint density at radius 3 is 3.04 bits per heavy atom. The number of aromatic nitrogens is 1. The molecule has 2 heterocycles. The predicted octanol–water partition coefficient (Wildman–Crippen LogP) is 3.40. The van der Waals surface area contributed by atoms with Gasteiger partial charge in [-0.25, -0.2) is 4.98 Å². The first kappa shape index (κ1) is 17.5. The van der Waals surface area contributed by atoms with Crippen molar-refractivity contribution in [2.24, 2.45) is 5.92 Å². The van der Waals surface area contributed by atoms with Gasteiger partial charge in [-0.05, 0) is 57.0 Å². The molecule has 1 atom stereocenters. The minimum absolute atomic E-state index is 0. The fourth-order valence-electron chi connectivity index (χ4n) is 2.74. The number of hydrogen-bond donors (Lipinski definition) is 2. The number of amides is 1. The third-order valence-electron chi connectivity index (χ3n) is 3.95. The molecule has 1 unspecified atom stereocenters. The molecule has 6 heteroatoms. The number of nitrogens with zero attached hydrogens (tertiary/aromatic N) is 1. The van der Waals surface area contributed by atoms with Crippen molar-refractivity contribution in [2.45, 2.75) is 26.2 Å². The van der Waals surface area contributed by atoms with Crippen molar-refractivity contribution in [2.75, 3.05) is 18.4 Å². The summed E-state index contributed by atoms with van der Waals surface area (Å²) in [5.74, 6) is 1.27. The van der Waals surface area contributed by atoms with Gasteiger partial charge in [-0.1, -0.05) is 6.07 Å². The third kappa shape index (κ3) is 4.81. The molecule has 3 rings (SSSR count). The summed E-state index contributed by atoms with van der Waals surface area (Å²) in [7, 11) is 0. The number of benzene rings is 1. The van der Waals surface area contributed by atoms with E-state index in [9.17, 15) is 4.79 Å². The lowest BCUT2D eigenvalue weighted by Crippen LogP contribution is -2.15. The van der Waals surface area contributed by atoms with Gasteiger partial charge in [-0.2, -0.15) is 0 Å². The Hall–Kier alpha value is -1.85. The summed E-state index contributed by atoms with van der Waals surface area (Å²) in [4.78, 5) is 16.4. The second kappa shape index (κ2) is 8.13. The highest BCUT2D eigenvalue weighted by Crippen LogP contribution is 2.22. The van der Waals surface area contributed by atoms with Gasteiger partial charge in [-0.15, -0.1) is 12.4 Å². The average Bonchev–Trinajstić information content (AvgIpc) is 3.17. The molecule has 0 radical (unpaired) electrons. The summed E-state index contributed by atoms with van der Waals surface area (Å²) >= 11 is 0. The van der Waals surface area contributed by atoms with Crippen LogP contribution in [0.2, 0.25) is 0 Å². The van der Waals surface area contributed by atoms with Crippen molar-refractivity contribution in [1.29, 1.82) is 0 Å². The largest absolute Gasteiger partial charge is 0.444 e. The first-order valence-corrected chi connectivity index (χ1v) is 7.74. The van der Waals surface area contributed by atoms with E-state index in [1.165, 1.54) is 6.42 Å². The van der Waals surface area contributed by atoms with E-state index < -0.39 is 0 Å². The van der Waals surface area contributed by atoms with Gasteiger partial charge < -0.3 is 15.1 Å². The standard InChI is InChI=1S/C17H21N3O2.ClH/c1-12-11-22-17(19-12)14-3-2-4-15(9-14)20-16(21)6-5-13-7-8-18-10-13;/h2-4,9,11,13,18H,5-8,10H2,1H3,(H,20,21);1H. The van der Waals surface area contributed by atoms with E-state index in [2.05, 4.69) is 15.6 Å². The molecule has 1 aliphatic rings. The highest BCUT2D eigenvalue weighted by Gasteiger charge is 2.15. The molecule has 0 spiro atoms. The summed E-state index contributed by atoms with van der Waals surface area (Å²) < 4.78 is 5.39. The van der Waals surface area contributed by atoms with Crippen LogP contribution in [0.3, 0.4) is 0 Å². The molecule has 2 N–H and O–H groups in total. The highest BCUT2D eigenvalue weighted by atomic mass is 35.5. The number of halogens is 1. The van der Waals surface area contributed by atoms with Crippen LogP contribution in [0.15, 0.2) is 34.9 Å². The molecule has 0 bridgehead atoms. The van der Waals surface area contributed by atoms with Crippen LogP contribution < -0.4 is 10.6 Å². The van der Waals surface area contributed by atoms with Crippen LogP contribution in [0.4, 0.5) is 5.69 Å². The van der Waals surface area contributed by atoms with Gasteiger partial charge in [0, 0.05) is 17.7 Å². The van der Waals surface area contributed by atoms with Crippen molar-refractivity contribution in [3.63, 3.8) is 0 Å². The number of nitrogens with one attached hydrogen (secondary N) is 2. The van der Waals surface area contributed by atoms with Gasteiger partial charge in [0.2, 0.25) is 11.8 Å². The molecule has 124 valence electrons. The summed E-state index contributed by atoms with van der Waals surface area (Å²) in [6.07, 6.45) is 4.30. The Balaban J connectivity index is 0.00000192. The lowest BCUT2D eigenvalue weighted by atomic mass is 10.0. The summed E-state index contributed by atoms with van der Waals surface area (Å²) in [5.41, 5.74) is 2.49. The quantitative estimate of drug-likeness (QED) is 0.878. The summed E-state index contributed by atoms with van der Waals surface area (Å²) in [6.45, 7) is 3.99. The van der Waals surface area contributed by atoms with Gasteiger partial charge in [0.05, 0.1) is 5.69 Å². The molecule has 5 nitrogen and oxygen atoms in total. The molecule has 2 aromatic rings. The van der Waals surface area contributed by atoms with Crippen molar-refractivity contribution < 1.29 is 9.21 Å². The number of hydrogen-bond acceptors (Lipinski definition) is 4. The summed E-state index contributed by atoms with van der Waals surface area (Å²) in [5, 5.41) is 6.28. The monoisotopic (exact) mass is 335 g/mol. The molecule has 1 aromatic heterocycles. The molecule has 23 heavy (non-hydrogen) atoms. The first-order chi connectivity index (χ1) is 10.7. The van der Waals surface area contributed by atoms with Gasteiger partial charge in [-0.3, -0.25) is 4.79 Å². The molecule has 1 saturated heterocycles. The number of carbonyl (C=O) groups is 1. The van der Waals surface area contributed by atoms with Crippen LogP contribution in [0.5, 0.6) is 0 Å². The number of carbonyl (C=O) groups excluding carboxylic acids is 1. The van der Waals surface area contributed by atoms with E-state index in [1.54, 1.807) is 6.26 Å². The van der Waals surface area contributed by atoms with Gasteiger partial charge in [0.1, 0.15) is 6.26 Å². The number of rotatable bonds is 5. The average molecular weight is 336 g/mol. The maximum Gasteiger partial charge on any atom is 0.226 e. The van der Waals surface area contributed by atoms with E-state index in [0.29, 0.717) is 18.2 Å². The lowest BCUT2D eigenvalue weighted by Gasteiger charge is -2.09. The predicted molar refractivity (Wildman–Crippen MR) is 92.8 cm³/mol. The second-order valence-corrected chi connectivity index (χ2v) is 5.82. The van der Waals surface area contributed by atoms with Gasteiger partial charge in [0.25, 0.3) is 0 Å². The Bertz CT molecular complexity index is 651. The smallest absolute Gasteiger partial charge is 0.226 e. The third-order valence-corrected chi connectivity index (χ3v) is 3.95. The molecule has 0 saturated carbocycles. The van der Waals surface area contributed by atoms with Crippen LogP contribution in [0.1, 0.15) is 25.0 Å². The molecule has 0 aliphatic carbocycles. The van der Waals surface area contributed by atoms with Crippen LogP contribution in [-0.4, -0.2) is 24.0 Å². The fourth-order valence-corrected chi connectivity index (χ4v) is 2.74. The topological polar surface area (TPSA) is 67.2 Å². The first-order valence-electron chi connectivity index (χ1n) is 7.74. The van der Waals surface area contributed by atoms with Crippen molar-refractivity contribution in [3.8, 4) is 11.5 Å². The van der Waals surface area contributed by atoms with E-state index in [4.69, 9.17) is 4.42 Å². The zero-order chi connectivity index (χ0) is 15.4. The second-order valence-electron chi connectivity index (χ2n) is 5.82. The van der Waals surface area contributed by atoms with Gasteiger partial charge in [0.15, 0.2) is 0 Å². The molecule has 1 aliphatic heterocycles. The van der Waals surface area contributed by atoms with Crippen molar-refractivity contribution >= 4 is 24.0 Å². The normalized spacial score (nSPS) is 16.8. The SMILES string of the molecule is Cc1coc(-c2cccc(NC(=O)CCC3CCNC3)c2)n1.Cl. The van der Waals surface area contributed by atoms with Crippen molar-refractivity contribution in [1.82, 2.24) is 10.3 Å². The summed E-state index contributed by atoms with van der Waals surface area (Å²) in [6, 6.07) is 7.59. The number of aryl methyl sites for hydroxylation is 1. The van der Waals surface area contributed by atoms with E-state index in [-0.39, 0.29) is 18.3 Å². The Morgan fingerprint density at radius 1 is 1.48 bits per heavy atom. The number of oxazole rings is 1. The van der Waals surface area contributed by atoms with E-state index >= 15 is 0 Å². The minimum Gasteiger partial charge on any atom is -0.444 e. The molecule has 1 fully saturated rings. The minimum atomic E-state index is 0. The Kier molecular flexibility index (Phi) is 6.19. The van der Waals surface area contributed by atoms with Crippen LogP contribution in [0.25, 0.3) is 11.5 Å². The van der Waals surface area contributed by atoms with Crippen LogP contribution in [0, 0.1) is 12.8 Å². The maximum absolute atomic E-state index is 12.1. The lowest BCUT2D eigenvalue weighted by molar-refractivity contribution is -0.116. The zero-order valence-electron chi connectivity index (χ0n) is 13.2. The van der Waals surface area contributed by atoms with Crippen LogP contribution in [-0.2, 0) is 4.79 Å². The molecular weight excluding hydrogens is 314 g/mol. The Morgan fingerprint density at radius 2 is 2.35 bits per heavy atom. The highest BCUT2D eigenvalue weighted by molar-refractivity contribution is 5.91. The maximum atomic E-state index is 12.1. The Labute approximate surface area is 142 Å². The molecule has 1 aromatic carbocycles. The van der Waals surface area contributed by atoms with Gasteiger partial charge >= 0.3 is 0 Å². The number of anilines is 1. The fraction of sp³-hybridized carbons (Fsp3) is 0.412. The van der Waals surface area contributed by atoms with Crippen molar-refractivity contribution in [3.05, 3.63) is 36.2 Å². The molecular formula is C17H22ClN3O2. The van der Waals surface area contributed by atoms with E-state index in [1.807, 2.05) is 31.2 Å². The van der Waals surface area contributed by atoms with E-state index in [0.717, 1.165) is 36.5 Å². The molecule has 1 amide bonds. The van der Waals surface area contributed by atoms with Crippen LogP contribution >= 0.6 is 12.4 Å². The zero-order valence-corrected chi connectivity index (χ0v) is 14.0.